The third-order valence-corrected chi connectivity index (χ3v) is 4.37. The van der Waals surface area contributed by atoms with E-state index >= 15 is 0 Å². The van der Waals surface area contributed by atoms with Gasteiger partial charge in [-0.15, -0.1) is 0 Å². The number of benzene rings is 1. The van der Waals surface area contributed by atoms with E-state index in [1.54, 1.807) is 6.07 Å². The first-order valence-corrected chi connectivity index (χ1v) is 7.97. The Kier molecular flexibility index (Phi) is 4.22. The molecular formula is C17H21N3O2. The van der Waals surface area contributed by atoms with Crippen molar-refractivity contribution in [1.82, 2.24) is 14.5 Å². The third kappa shape index (κ3) is 2.63. The summed E-state index contributed by atoms with van der Waals surface area (Å²) in [5.41, 5.74) is 0.534. The monoisotopic (exact) mass is 299 g/mol. The van der Waals surface area contributed by atoms with Crippen LogP contribution in [0.5, 0.6) is 0 Å². The molecule has 0 N–H and O–H groups in total. The van der Waals surface area contributed by atoms with Gasteiger partial charge in [-0.3, -0.25) is 14.2 Å². The van der Waals surface area contributed by atoms with Gasteiger partial charge in [-0.2, -0.15) is 0 Å². The molecular weight excluding hydrogens is 278 g/mol. The maximum absolute atomic E-state index is 12.8. The molecule has 0 bridgehead atoms. The molecule has 116 valence electrons. The first kappa shape index (κ1) is 14.8. The minimum Gasteiger partial charge on any atom is -0.341 e. The van der Waals surface area contributed by atoms with Crippen LogP contribution in [0.2, 0.25) is 0 Å². The summed E-state index contributed by atoms with van der Waals surface area (Å²) in [7, 11) is 0. The lowest BCUT2D eigenvalue weighted by molar-refractivity contribution is -0.135. The molecule has 5 nitrogen and oxygen atoms in total. The van der Waals surface area contributed by atoms with Gasteiger partial charge in [-0.05, 0) is 37.8 Å². The highest BCUT2D eigenvalue weighted by Gasteiger charge is 2.26. The van der Waals surface area contributed by atoms with E-state index in [1.807, 2.05) is 30.0 Å². The molecule has 0 unspecified atom stereocenters. The summed E-state index contributed by atoms with van der Waals surface area (Å²) in [5.74, 6) is 0.0429. The molecule has 1 atom stereocenters. The quantitative estimate of drug-likeness (QED) is 0.874. The standard InChI is InChI=1S/C17H21N3O2/c1-2-15(17(22)19-10-6-3-7-11-19)20-12-18-14-9-5-4-8-13(14)16(20)21/h4-5,8-9,12,15H,2-3,6-7,10-11H2,1H3/t15-/m0/s1. The molecule has 1 saturated heterocycles. The van der Waals surface area contributed by atoms with Gasteiger partial charge in [0, 0.05) is 13.1 Å². The number of likely N-dealkylation sites (tertiary alicyclic amines) is 1. The lowest BCUT2D eigenvalue weighted by Gasteiger charge is -2.30. The first-order chi connectivity index (χ1) is 10.7. The number of rotatable bonds is 3. The minimum absolute atomic E-state index is 0.0429. The molecule has 3 rings (SSSR count). The SMILES string of the molecule is CC[C@@H](C(=O)N1CCCCC1)n1cnc2ccccc2c1=O. The zero-order chi connectivity index (χ0) is 15.5. The summed E-state index contributed by atoms with van der Waals surface area (Å²) in [6, 6.07) is 6.80. The van der Waals surface area contributed by atoms with Crippen molar-refractivity contribution >= 4 is 16.8 Å². The molecule has 0 radical (unpaired) electrons. The smallest absolute Gasteiger partial charge is 0.261 e. The van der Waals surface area contributed by atoms with E-state index in [0.717, 1.165) is 25.9 Å². The number of carbonyl (C=O) groups is 1. The zero-order valence-corrected chi connectivity index (χ0v) is 12.9. The Labute approximate surface area is 129 Å². The maximum atomic E-state index is 12.8. The van der Waals surface area contributed by atoms with Crippen LogP contribution >= 0.6 is 0 Å². The van der Waals surface area contributed by atoms with Crippen molar-refractivity contribution in [3.05, 3.63) is 40.9 Å². The van der Waals surface area contributed by atoms with Crippen LogP contribution in [0, 0.1) is 0 Å². The van der Waals surface area contributed by atoms with Crippen LogP contribution in [0.3, 0.4) is 0 Å². The molecule has 1 aliphatic heterocycles. The Morgan fingerprint density at radius 2 is 1.95 bits per heavy atom. The summed E-state index contributed by atoms with van der Waals surface area (Å²) >= 11 is 0. The minimum atomic E-state index is -0.456. The second-order valence-electron chi connectivity index (χ2n) is 5.78. The van der Waals surface area contributed by atoms with E-state index in [2.05, 4.69) is 4.98 Å². The first-order valence-electron chi connectivity index (χ1n) is 7.97. The molecule has 1 aromatic heterocycles. The largest absolute Gasteiger partial charge is 0.341 e. The molecule has 1 amide bonds. The van der Waals surface area contributed by atoms with Gasteiger partial charge in [-0.1, -0.05) is 19.1 Å². The maximum Gasteiger partial charge on any atom is 0.261 e. The second kappa shape index (κ2) is 6.30. The normalized spacial score (nSPS) is 16.7. The highest BCUT2D eigenvalue weighted by molar-refractivity contribution is 5.82. The lowest BCUT2D eigenvalue weighted by atomic mass is 10.1. The summed E-state index contributed by atoms with van der Waals surface area (Å²) in [6.07, 6.45) is 5.38. The fourth-order valence-corrected chi connectivity index (χ4v) is 3.12. The van der Waals surface area contributed by atoms with Crippen LogP contribution in [-0.4, -0.2) is 33.4 Å². The molecule has 2 heterocycles. The van der Waals surface area contributed by atoms with Crippen molar-refractivity contribution in [1.29, 1.82) is 0 Å². The lowest BCUT2D eigenvalue weighted by Crippen LogP contribution is -2.42. The van der Waals surface area contributed by atoms with Crippen molar-refractivity contribution in [3.8, 4) is 0 Å². The molecule has 1 fully saturated rings. The van der Waals surface area contributed by atoms with Crippen LogP contribution in [0.1, 0.15) is 38.6 Å². The Balaban J connectivity index is 1.98. The molecule has 0 saturated carbocycles. The Hall–Kier alpha value is -2.17. The van der Waals surface area contributed by atoms with Gasteiger partial charge < -0.3 is 4.90 Å². The average molecular weight is 299 g/mol. The van der Waals surface area contributed by atoms with Crippen LogP contribution in [-0.2, 0) is 4.79 Å². The number of fused-ring (bicyclic) bond motifs is 1. The fraction of sp³-hybridized carbons (Fsp3) is 0.471. The van der Waals surface area contributed by atoms with Gasteiger partial charge >= 0.3 is 0 Å². The van der Waals surface area contributed by atoms with Gasteiger partial charge in [0.1, 0.15) is 6.04 Å². The van der Waals surface area contributed by atoms with E-state index in [1.165, 1.54) is 17.3 Å². The number of carbonyl (C=O) groups excluding carboxylic acids is 1. The number of hydrogen-bond acceptors (Lipinski definition) is 3. The predicted octanol–water partition coefficient (Wildman–Crippen LogP) is 2.36. The summed E-state index contributed by atoms with van der Waals surface area (Å²) < 4.78 is 1.50. The van der Waals surface area contributed by atoms with Crippen molar-refractivity contribution < 1.29 is 4.79 Å². The molecule has 22 heavy (non-hydrogen) atoms. The summed E-state index contributed by atoms with van der Waals surface area (Å²) in [6.45, 7) is 3.53. The van der Waals surface area contributed by atoms with E-state index < -0.39 is 6.04 Å². The Bertz CT molecular complexity index is 732. The Morgan fingerprint density at radius 3 is 2.68 bits per heavy atom. The van der Waals surface area contributed by atoms with Gasteiger partial charge in [0.05, 0.1) is 17.2 Å². The molecule has 5 heteroatoms. The topological polar surface area (TPSA) is 55.2 Å². The molecule has 1 aromatic carbocycles. The summed E-state index contributed by atoms with van der Waals surface area (Å²) in [4.78, 5) is 31.6. The number of amides is 1. The van der Waals surface area contributed by atoms with Crippen molar-refractivity contribution in [3.63, 3.8) is 0 Å². The highest BCUT2D eigenvalue weighted by Crippen LogP contribution is 2.18. The summed E-state index contributed by atoms with van der Waals surface area (Å²) in [5, 5.41) is 0.565. The fourth-order valence-electron chi connectivity index (χ4n) is 3.12. The number of para-hydroxylation sites is 1. The predicted molar refractivity (Wildman–Crippen MR) is 85.8 cm³/mol. The molecule has 0 aliphatic carbocycles. The van der Waals surface area contributed by atoms with Crippen LogP contribution < -0.4 is 5.56 Å². The second-order valence-corrected chi connectivity index (χ2v) is 5.78. The van der Waals surface area contributed by atoms with Gasteiger partial charge in [-0.25, -0.2) is 4.98 Å². The van der Waals surface area contributed by atoms with Crippen LogP contribution in [0.15, 0.2) is 35.4 Å². The van der Waals surface area contributed by atoms with Crippen molar-refractivity contribution in [2.75, 3.05) is 13.1 Å². The average Bonchev–Trinajstić information content (AvgIpc) is 2.58. The number of aromatic nitrogens is 2. The van der Waals surface area contributed by atoms with Crippen molar-refractivity contribution in [2.45, 2.75) is 38.6 Å². The van der Waals surface area contributed by atoms with Gasteiger partial charge in [0.2, 0.25) is 5.91 Å². The van der Waals surface area contributed by atoms with Crippen LogP contribution in [0.25, 0.3) is 10.9 Å². The third-order valence-electron chi connectivity index (χ3n) is 4.37. The Morgan fingerprint density at radius 1 is 1.23 bits per heavy atom. The molecule has 0 spiro atoms. The van der Waals surface area contributed by atoms with E-state index in [9.17, 15) is 9.59 Å². The number of nitrogens with zero attached hydrogens (tertiary/aromatic N) is 3. The van der Waals surface area contributed by atoms with E-state index in [0.29, 0.717) is 17.3 Å². The zero-order valence-electron chi connectivity index (χ0n) is 12.9. The number of hydrogen-bond donors (Lipinski definition) is 0. The van der Waals surface area contributed by atoms with Gasteiger partial charge in [0.25, 0.3) is 5.56 Å². The molecule has 2 aromatic rings. The van der Waals surface area contributed by atoms with Crippen molar-refractivity contribution in [2.24, 2.45) is 0 Å². The van der Waals surface area contributed by atoms with E-state index in [-0.39, 0.29) is 11.5 Å². The number of piperidine rings is 1. The van der Waals surface area contributed by atoms with Crippen LogP contribution in [0.4, 0.5) is 0 Å². The molecule has 1 aliphatic rings. The highest BCUT2D eigenvalue weighted by atomic mass is 16.2. The van der Waals surface area contributed by atoms with E-state index in [4.69, 9.17) is 0 Å². The van der Waals surface area contributed by atoms with Gasteiger partial charge in [0.15, 0.2) is 0 Å².